The first-order valence-electron chi connectivity index (χ1n) is 6.55. The number of aromatic nitrogens is 4. The molecule has 20 heavy (non-hydrogen) atoms. The summed E-state index contributed by atoms with van der Waals surface area (Å²) in [4.78, 5) is 12.3. The van der Waals surface area contributed by atoms with Gasteiger partial charge in [0.1, 0.15) is 0 Å². The quantitative estimate of drug-likeness (QED) is 0.783. The van der Waals surface area contributed by atoms with Gasteiger partial charge in [0.05, 0.1) is 12.4 Å². The predicted molar refractivity (Wildman–Crippen MR) is 76.6 cm³/mol. The Morgan fingerprint density at radius 3 is 1.75 bits per heavy atom. The van der Waals surface area contributed by atoms with Crippen LogP contribution in [-0.2, 0) is 18.9 Å². The fourth-order valence-electron chi connectivity index (χ4n) is 2.41. The molecule has 1 fully saturated rings. The summed E-state index contributed by atoms with van der Waals surface area (Å²) >= 11 is 0. The minimum absolute atomic E-state index is 0.137. The first-order valence-corrected chi connectivity index (χ1v) is 6.55. The monoisotopic (exact) mass is 268 g/mol. The Morgan fingerprint density at radius 1 is 0.950 bits per heavy atom. The van der Waals surface area contributed by atoms with Crippen LogP contribution in [-0.4, -0.2) is 25.3 Å². The molecule has 0 unspecified atom stereocenters. The maximum atomic E-state index is 12.3. The average molecular weight is 268 g/mol. The summed E-state index contributed by atoms with van der Waals surface area (Å²) in [6, 6.07) is 0. The van der Waals surface area contributed by atoms with Crippen molar-refractivity contribution in [1.29, 1.82) is 0 Å². The van der Waals surface area contributed by atoms with E-state index in [-0.39, 0.29) is 5.78 Å². The van der Waals surface area contributed by atoms with Gasteiger partial charge in [0.25, 0.3) is 0 Å². The van der Waals surface area contributed by atoms with Crippen molar-refractivity contribution in [2.24, 2.45) is 14.1 Å². The number of allylic oxidation sites excluding steroid dienone is 2. The third-order valence-corrected chi connectivity index (χ3v) is 3.38. The highest BCUT2D eigenvalue weighted by Gasteiger charge is 2.23. The van der Waals surface area contributed by atoms with Crippen molar-refractivity contribution in [3.63, 3.8) is 0 Å². The second-order valence-electron chi connectivity index (χ2n) is 5.06. The highest BCUT2D eigenvalue weighted by atomic mass is 16.1. The number of carbonyl (C=O) groups is 1. The van der Waals surface area contributed by atoms with E-state index in [0.717, 1.165) is 35.1 Å². The zero-order chi connectivity index (χ0) is 14.1. The van der Waals surface area contributed by atoms with Crippen LogP contribution in [0.25, 0.3) is 12.2 Å². The lowest BCUT2D eigenvalue weighted by Gasteiger charge is -1.94. The van der Waals surface area contributed by atoms with Gasteiger partial charge in [0, 0.05) is 48.8 Å². The third kappa shape index (κ3) is 2.47. The zero-order valence-corrected chi connectivity index (χ0v) is 11.6. The Hall–Kier alpha value is -2.43. The van der Waals surface area contributed by atoms with Crippen LogP contribution in [0.5, 0.6) is 0 Å². The Kier molecular flexibility index (Phi) is 3.10. The zero-order valence-electron chi connectivity index (χ0n) is 11.6. The van der Waals surface area contributed by atoms with E-state index in [1.165, 1.54) is 0 Å². The molecule has 0 saturated heterocycles. The standard InChI is InChI=1S/C15H16N4O/c1-18-9-11(7-16-18)5-13-3-4-14(15(13)20)6-12-8-17-19(2)10-12/h5-10H,3-4H2,1-2H3. The van der Waals surface area contributed by atoms with Gasteiger partial charge in [-0.1, -0.05) is 0 Å². The molecule has 0 atom stereocenters. The molecule has 0 aliphatic heterocycles. The summed E-state index contributed by atoms with van der Waals surface area (Å²) in [6.45, 7) is 0. The molecule has 0 N–H and O–H groups in total. The molecule has 102 valence electrons. The van der Waals surface area contributed by atoms with E-state index in [9.17, 15) is 4.79 Å². The fourth-order valence-corrected chi connectivity index (χ4v) is 2.41. The summed E-state index contributed by atoms with van der Waals surface area (Å²) in [5, 5.41) is 8.22. The van der Waals surface area contributed by atoms with Crippen LogP contribution in [0.3, 0.4) is 0 Å². The molecule has 0 amide bonds. The molecule has 2 heterocycles. The van der Waals surface area contributed by atoms with Crippen molar-refractivity contribution < 1.29 is 4.79 Å². The number of hydrogen-bond acceptors (Lipinski definition) is 3. The van der Waals surface area contributed by atoms with Gasteiger partial charge in [-0.05, 0) is 25.0 Å². The summed E-state index contributed by atoms with van der Waals surface area (Å²) in [7, 11) is 3.73. The lowest BCUT2D eigenvalue weighted by atomic mass is 10.1. The molecule has 5 heteroatoms. The maximum absolute atomic E-state index is 12.3. The van der Waals surface area contributed by atoms with E-state index < -0.39 is 0 Å². The van der Waals surface area contributed by atoms with Gasteiger partial charge in [-0.2, -0.15) is 10.2 Å². The minimum Gasteiger partial charge on any atom is -0.289 e. The number of nitrogens with zero attached hydrogens (tertiary/aromatic N) is 4. The van der Waals surface area contributed by atoms with E-state index in [1.54, 1.807) is 21.8 Å². The van der Waals surface area contributed by atoms with Gasteiger partial charge in [-0.15, -0.1) is 0 Å². The third-order valence-electron chi connectivity index (χ3n) is 3.38. The first kappa shape index (κ1) is 12.6. The molecule has 1 saturated carbocycles. The van der Waals surface area contributed by atoms with Gasteiger partial charge in [0.15, 0.2) is 5.78 Å². The van der Waals surface area contributed by atoms with Crippen LogP contribution in [0.15, 0.2) is 35.9 Å². The lowest BCUT2D eigenvalue weighted by Crippen LogP contribution is -1.95. The summed E-state index contributed by atoms with van der Waals surface area (Å²) in [5.41, 5.74) is 3.65. The van der Waals surface area contributed by atoms with Gasteiger partial charge in [-0.3, -0.25) is 14.2 Å². The number of Topliss-reactive ketones (excluding diaryl/α,β-unsaturated/α-hetero) is 1. The van der Waals surface area contributed by atoms with Crippen LogP contribution < -0.4 is 0 Å². The van der Waals surface area contributed by atoms with Crippen LogP contribution >= 0.6 is 0 Å². The smallest absolute Gasteiger partial charge is 0.185 e. The van der Waals surface area contributed by atoms with E-state index in [2.05, 4.69) is 10.2 Å². The largest absolute Gasteiger partial charge is 0.289 e. The molecule has 5 nitrogen and oxygen atoms in total. The number of hydrogen-bond donors (Lipinski definition) is 0. The summed E-state index contributed by atoms with van der Waals surface area (Å²) < 4.78 is 3.47. The number of aryl methyl sites for hydroxylation is 2. The Labute approximate surface area is 117 Å². The topological polar surface area (TPSA) is 52.7 Å². The van der Waals surface area contributed by atoms with Gasteiger partial charge in [0.2, 0.25) is 0 Å². The second kappa shape index (κ2) is 4.92. The number of rotatable bonds is 2. The van der Waals surface area contributed by atoms with E-state index in [0.29, 0.717) is 0 Å². The fraction of sp³-hybridized carbons (Fsp3) is 0.267. The minimum atomic E-state index is 0.137. The highest BCUT2D eigenvalue weighted by molar-refractivity contribution is 6.15. The van der Waals surface area contributed by atoms with Gasteiger partial charge in [-0.25, -0.2) is 0 Å². The van der Waals surface area contributed by atoms with Crippen molar-refractivity contribution in [2.45, 2.75) is 12.8 Å². The van der Waals surface area contributed by atoms with E-state index in [1.807, 2.05) is 38.6 Å². The number of carbonyl (C=O) groups excluding carboxylic acids is 1. The van der Waals surface area contributed by atoms with E-state index in [4.69, 9.17) is 0 Å². The molecule has 1 aliphatic carbocycles. The predicted octanol–water partition coefficient (Wildman–Crippen LogP) is 1.98. The second-order valence-corrected chi connectivity index (χ2v) is 5.06. The molecule has 2 aromatic rings. The molecule has 0 aromatic carbocycles. The molecular weight excluding hydrogens is 252 g/mol. The highest BCUT2D eigenvalue weighted by Crippen LogP contribution is 2.29. The normalized spacial score (nSPS) is 19.4. The van der Waals surface area contributed by atoms with Crippen LogP contribution in [0, 0.1) is 0 Å². The molecule has 1 aliphatic rings. The van der Waals surface area contributed by atoms with Crippen molar-refractivity contribution in [3.05, 3.63) is 47.1 Å². The Balaban J connectivity index is 1.84. The number of ketones is 1. The molecule has 0 bridgehead atoms. The van der Waals surface area contributed by atoms with Crippen molar-refractivity contribution in [1.82, 2.24) is 19.6 Å². The summed E-state index contributed by atoms with van der Waals surface area (Å²) in [5.74, 6) is 0.137. The molecule has 0 spiro atoms. The lowest BCUT2D eigenvalue weighted by molar-refractivity contribution is -0.111. The van der Waals surface area contributed by atoms with Crippen molar-refractivity contribution in [2.75, 3.05) is 0 Å². The molecule has 0 radical (unpaired) electrons. The first-order chi connectivity index (χ1) is 9.61. The van der Waals surface area contributed by atoms with Gasteiger partial charge >= 0.3 is 0 Å². The van der Waals surface area contributed by atoms with Gasteiger partial charge < -0.3 is 0 Å². The Bertz CT molecular complexity index is 658. The van der Waals surface area contributed by atoms with Crippen LogP contribution in [0.4, 0.5) is 0 Å². The molecule has 3 rings (SSSR count). The average Bonchev–Trinajstić information content (AvgIpc) is 3.08. The SMILES string of the molecule is Cn1cc(C=C2CCC(=Cc3cnn(C)c3)C2=O)cn1. The van der Waals surface area contributed by atoms with Crippen LogP contribution in [0.1, 0.15) is 24.0 Å². The van der Waals surface area contributed by atoms with Crippen LogP contribution in [0.2, 0.25) is 0 Å². The molecular formula is C15H16N4O. The van der Waals surface area contributed by atoms with Crippen molar-refractivity contribution >= 4 is 17.9 Å². The molecule has 2 aromatic heterocycles. The van der Waals surface area contributed by atoms with E-state index >= 15 is 0 Å². The summed E-state index contributed by atoms with van der Waals surface area (Å²) in [6.07, 6.45) is 12.8. The Morgan fingerprint density at radius 2 is 1.40 bits per heavy atom. The maximum Gasteiger partial charge on any atom is 0.185 e. The van der Waals surface area contributed by atoms with Crippen molar-refractivity contribution in [3.8, 4) is 0 Å².